The van der Waals surface area contributed by atoms with E-state index in [0.29, 0.717) is 6.08 Å². The Kier molecular flexibility index (Phi) is 3.52. The summed E-state index contributed by atoms with van der Waals surface area (Å²) in [5.41, 5.74) is -1.92. The van der Waals surface area contributed by atoms with Crippen LogP contribution in [0.2, 0.25) is 0 Å². The fraction of sp³-hybridized carbons (Fsp3) is 0.154. The summed E-state index contributed by atoms with van der Waals surface area (Å²) in [7, 11) is 0. The van der Waals surface area contributed by atoms with Crippen molar-refractivity contribution >= 4 is 11.7 Å². The van der Waals surface area contributed by atoms with Crippen LogP contribution in [0.3, 0.4) is 0 Å². The minimum atomic E-state index is -4.17. The van der Waals surface area contributed by atoms with E-state index in [4.69, 9.17) is 5.11 Å². The molecule has 1 unspecified atom stereocenters. The second-order valence-electron chi connectivity index (χ2n) is 4.10. The number of hydrogen-bond donors (Lipinski definition) is 2. The van der Waals surface area contributed by atoms with Crippen LogP contribution in [0.5, 0.6) is 0 Å². The number of benzene rings is 1. The van der Waals surface area contributed by atoms with Gasteiger partial charge in [0, 0.05) is 5.69 Å². The third-order valence-corrected chi connectivity index (χ3v) is 2.73. The van der Waals surface area contributed by atoms with E-state index >= 15 is 0 Å². The van der Waals surface area contributed by atoms with Gasteiger partial charge in [0.25, 0.3) is 0 Å². The third-order valence-electron chi connectivity index (χ3n) is 2.73. The van der Waals surface area contributed by atoms with Gasteiger partial charge in [-0.3, -0.25) is 0 Å². The maximum atomic E-state index is 13.7. The van der Waals surface area contributed by atoms with E-state index in [0.717, 1.165) is 0 Å². The summed E-state index contributed by atoms with van der Waals surface area (Å²) < 4.78 is 54.0. The van der Waals surface area contributed by atoms with Crippen molar-refractivity contribution in [2.45, 2.75) is 12.1 Å². The van der Waals surface area contributed by atoms with Crippen molar-refractivity contribution < 1.29 is 27.5 Å². The molecule has 2 rings (SSSR count). The van der Waals surface area contributed by atoms with Gasteiger partial charge in [0.1, 0.15) is 0 Å². The first kappa shape index (κ1) is 14.1. The molecule has 1 aliphatic carbocycles. The minimum absolute atomic E-state index is 0.206. The van der Waals surface area contributed by atoms with E-state index < -0.39 is 35.2 Å². The Morgan fingerprint density at radius 2 is 1.85 bits per heavy atom. The summed E-state index contributed by atoms with van der Waals surface area (Å²) in [5, 5.41) is 10.9. The van der Waals surface area contributed by atoms with Crippen molar-refractivity contribution in [3.63, 3.8) is 0 Å². The van der Waals surface area contributed by atoms with Gasteiger partial charge in [0.15, 0.2) is 5.83 Å². The Balaban J connectivity index is 2.43. The molecule has 2 N–H and O–H groups in total. The first-order valence-corrected chi connectivity index (χ1v) is 5.53. The fourth-order valence-electron chi connectivity index (χ4n) is 1.70. The lowest BCUT2D eigenvalue weighted by molar-refractivity contribution is -0.132. The molecule has 0 bridgehead atoms. The number of hydrogen-bond acceptors (Lipinski definition) is 2. The third kappa shape index (κ3) is 2.38. The highest BCUT2D eigenvalue weighted by atomic mass is 19.3. The van der Waals surface area contributed by atoms with Gasteiger partial charge >= 0.3 is 11.9 Å². The first-order valence-electron chi connectivity index (χ1n) is 5.53. The zero-order valence-corrected chi connectivity index (χ0v) is 9.91. The van der Waals surface area contributed by atoms with Crippen LogP contribution in [-0.2, 0) is 4.79 Å². The molecular formula is C13H9F4NO2. The molecule has 20 heavy (non-hydrogen) atoms. The number of para-hydroxylation sites is 1. The van der Waals surface area contributed by atoms with Crippen LogP contribution < -0.4 is 5.32 Å². The number of allylic oxidation sites excluding steroid dienone is 2. The highest BCUT2D eigenvalue weighted by molar-refractivity contribution is 5.91. The van der Waals surface area contributed by atoms with Gasteiger partial charge < -0.3 is 10.4 Å². The van der Waals surface area contributed by atoms with Crippen molar-refractivity contribution in [3.8, 4) is 0 Å². The molecule has 0 saturated carbocycles. The van der Waals surface area contributed by atoms with E-state index in [1.807, 2.05) is 0 Å². The topological polar surface area (TPSA) is 49.3 Å². The molecule has 0 spiro atoms. The van der Waals surface area contributed by atoms with Crippen LogP contribution in [0.15, 0.2) is 53.5 Å². The minimum Gasteiger partial charge on any atom is -0.478 e. The number of rotatable bonds is 3. The van der Waals surface area contributed by atoms with Crippen LogP contribution in [0, 0.1) is 0 Å². The number of carboxylic acids is 1. The molecule has 3 nitrogen and oxygen atoms in total. The lowest BCUT2D eigenvalue weighted by atomic mass is 9.97. The van der Waals surface area contributed by atoms with E-state index in [1.54, 1.807) is 18.2 Å². The lowest BCUT2D eigenvalue weighted by Crippen LogP contribution is -2.39. The Bertz CT molecular complexity index is 596. The Hall–Kier alpha value is -2.31. The van der Waals surface area contributed by atoms with Gasteiger partial charge in [-0.15, -0.1) is 0 Å². The number of carbonyl (C=O) groups is 1. The van der Waals surface area contributed by atoms with Gasteiger partial charge in [-0.25, -0.2) is 13.6 Å². The monoisotopic (exact) mass is 287 g/mol. The zero-order chi connectivity index (χ0) is 14.9. The molecule has 0 amide bonds. The van der Waals surface area contributed by atoms with Gasteiger partial charge in [0.05, 0.1) is 11.3 Å². The van der Waals surface area contributed by atoms with Gasteiger partial charge in [0.2, 0.25) is 6.17 Å². The Morgan fingerprint density at radius 3 is 2.40 bits per heavy atom. The molecule has 0 radical (unpaired) electrons. The maximum Gasteiger partial charge on any atom is 0.338 e. The number of anilines is 1. The fourth-order valence-corrected chi connectivity index (χ4v) is 1.70. The smallest absolute Gasteiger partial charge is 0.338 e. The molecule has 1 aliphatic rings. The Labute approximate surface area is 111 Å². The van der Waals surface area contributed by atoms with Gasteiger partial charge in [-0.05, 0) is 18.2 Å². The van der Waals surface area contributed by atoms with Gasteiger partial charge in [-0.2, -0.15) is 8.78 Å². The number of carboxylic acid groups (broad SMARTS) is 1. The highest BCUT2D eigenvalue weighted by Gasteiger charge is 2.51. The maximum absolute atomic E-state index is 13.7. The number of nitrogens with one attached hydrogen (secondary N) is 1. The molecule has 0 aromatic heterocycles. The van der Waals surface area contributed by atoms with Crippen molar-refractivity contribution in [3.05, 3.63) is 53.5 Å². The van der Waals surface area contributed by atoms with Crippen LogP contribution in [0.1, 0.15) is 0 Å². The molecular weight excluding hydrogens is 278 g/mol. The second kappa shape index (κ2) is 4.99. The molecule has 1 aromatic rings. The Morgan fingerprint density at radius 1 is 1.25 bits per heavy atom. The van der Waals surface area contributed by atoms with E-state index in [9.17, 15) is 22.4 Å². The largest absolute Gasteiger partial charge is 0.478 e. The zero-order valence-electron chi connectivity index (χ0n) is 9.91. The molecule has 106 valence electrons. The number of halogens is 4. The summed E-state index contributed by atoms with van der Waals surface area (Å²) >= 11 is 0. The predicted octanol–water partition coefficient (Wildman–Crippen LogP) is 3.28. The van der Waals surface area contributed by atoms with Crippen molar-refractivity contribution in [2.24, 2.45) is 0 Å². The molecule has 7 heteroatoms. The normalized spacial score (nSPS) is 21.4. The number of alkyl halides is 3. The summed E-state index contributed by atoms with van der Waals surface area (Å²) in [6.07, 6.45) is -2.93. The van der Waals surface area contributed by atoms with Gasteiger partial charge in [-0.1, -0.05) is 18.2 Å². The van der Waals surface area contributed by atoms with Crippen LogP contribution in [-0.4, -0.2) is 23.2 Å². The molecule has 1 aromatic carbocycles. The number of aliphatic carboxylic acids is 1. The van der Waals surface area contributed by atoms with Crippen molar-refractivity contribution in [1.82, 2.24) is 0 Å². The van der Waals surface area contributed by atoms with Crippen LogP contribution in [0.4, 0.5) is 23.2 Å². The standard InChI is InChI=1S/C13H9F4NO2/c14-10-8(12(19)20)6-9(13(16,17)11(10)15)18-7-4-2-1-3-5-7/h1-6,11,18H,(H,19,20). The SMILES string of the molecule is O=C(O)C1=C(F)C(F)C(F)(F)C(Nc2ccccc2)=C1. The van der Waals surface area contributed by atoms with Crippen molar-refractivity contribution in [2.75, 3.05) is 5.32 Å². The molecule has 0 heterocycles. The highest BCUT2D eigenvalue weighted by Crippen LogP contribution is 2.40. The molecule has 1 atom stereocenters. The lowest BCUT2D eigenvalue weighted by Gasteiger charge is -2.27. The average molecular weight is 287 g/mol. The predicted molar refractivity (Wildman–Crippen MR) is 63.8 cm³/mol. The summed E-state index contributed by atoms with van der Waals surface area (Å²) in [4.78, 5) is 10.7. The molecule has 0 aliphatic heterocycles. The van der Waals surface area contributed by atoms with Crippen LogP contribution >= 0.6 is 0 Å². The first-order chi connectivity index (χ1) is 9.34. The summed E-state index contributed by atoms with van der Waals surface area (Å²) in [5.74, 6) is -7.96. The second-order valence-corrected chi connectivity index (χ2v) is 4.10. The van der Waals surface area contributed by atoms with E-state index in [2.05, 4.69) is 5.32 Å². The molecule has 0 fully saturated rings. The summed E-state index contributed by atoms with van der Waals surface area (Å²) in [6, 6.07) is 7.59. The van der Waals surface area contributed by atoms with Crippen molar-refractivity contribution in [1.29, 1.82) is 0 Å². The summed E-state index contributed by atoms with van der Waals surface area (Å²) in [6.45, 7) is 0. The quantitative estimate of drug-likeness (QED) is 0.839. The van der Waals surface area contributed by atoms with E-state index in [-0.39, 0.29) is 5.69 Å². The van der Waals surface area contributed by atoms with E-state index in [1.165, 1.54) is 12.1 Å². The van der Waals surface area contributed by atoms with Crippen LogP contribution in [0.25, 0.3) is 0 Å². The average Bonchev–Trinajstić information content (AvgIpc) is 2.41. The molecule has 0 saturated heterocycles.